The minimum Gasteiger partial charge on any atom is -0.384 e. The van der Waals surface area contributed by atoms with E-state index in [2.05, 4.69) is 11.8 Å². The van der Waals surface area contributed by atoms with E-state index in [-0.39, 0.29) is 25.0 Å². The molecule has 0 radical (unpaired) electrons. The number of aliphatic hydroxyl groups is 1. The molecule has 20 heavy (non-hydrogen) atoms. The number of hydrogen-bond acceptors (Lipinski definition) is 4. The molecule has 0 aromatic carbocycles. The predicted molar refractivity (Wildman–Crippen MR) is 78.2 cm³/mol. The van der Waals surface area contributed by atoms with Crippen molar-refractivity contribution in [1.29, 1.82) is 0 Å². The molecule has 0 fully saturated rings. The summed E-state index contributed by atoms with van der Waals surface area (Å²) in [5.41, 5.74) is 5.66. The molecule has 1 heterocycles. The van der Waals surface area contributed by atoms with Crippen molar-refractivity contribution in [3.8, 4) is 11.8 Å². The molecule has 0 aliphatic rings. The lowest BCUT2D eigenvalue weighted by Gasteiger charge is -2.22. The molecule has 0 spiro atoms. The molecule has 0 bridgehead atoms. The van der Waals surface area contributed by atoms with Crippen molar-refractivity contribution in [2.24, 2.45) is 11.7 Å². The van der Waals surface area contributed by atoms with Crippen LogP contribution in [0.25, 0.3) is 0 Å². The number of primary amides is 1. The molecule has 0 saturated heterocycles. The minimum absolute atomic E-state index is 0.0927. The Labute approximate surface area is 122 Å². The van der Waals surface area contributed by atoms with Gasteiger partial charge >= 0.3 is 0 Å². The molecule has 5 nitrogen and oxygen atoms in total. The Hall–Kier alpha value is -1.84. The maximum absolute atomic E-state index is 12.3. The van der Waals surface area contributed by atoms with Crippen molar-refractivity contribution in [1.82, 2.24) is 4.90 Å². The second-order valence-corrected chi connectivity index (χ2v) is 5.62. The molecule has 6 heteroatoms. The Bertz CT molecular complexity index is 540. The highest BCUT2D eigenvalue weighted by Crippen LogP contribution is 2.16. The summed E-state index contributed by atoms with van der Waals surface area (Å²) in [4.78, 5) is 25.5. The number of hydrogen-bond donors (Lipinski definition) is 2. The molecule has 3 N–H and O–H groups in total. The number of carbonyl (C=O) groups is 2. The molecule has 0 unspecified atom stereocenters. The van der Waals surface area contributed by atoms with Gasteiger partial charge in [-0.2, -0.15) is 0 Å². The van der Waals surface area contributed by atoms with Crippen molar-refractivity contribution < 1.29 is 14.7 Å². The van der Waals surface area contributed by atoms with Crippen LogP contribution in [0.2, 0.25) is 0 Å². The molecule has 1 aromatic rings. The second kappa shape index (κ2) is 7.68. The van der Waals surface area contributed by atoms with Crippen LogP contribution < -0.4 is 5.73 Å². The first-order valence-electron chi connectivity index (χ1n) is 6.20. The lowest BCUT2D eigenvalue weighted by molar-refractivity contribution is -0.118. The standard InChI is InChI=1S/C14H18N2O3S/c1-10(2)7-16(8-13(15)18)14(19)11-6-12(20-9-11)4-3-5-17/h6,9-10,17H,5,7-8H2,1-2H3,(H2,15,18). The normalized spacial score (nSPS) is 10.0. The van der Waals surface area contributed by atoms with Gasteiger partial charge in [0.1, 0.15) is 6.61 Å². The van der Waals surface area contributed by atoms with E-state index in [1.807, 2.05) is 13.8 Å². The number of amides is 2. The Morgan fingerprint density at radius 2 is 2.20 bits per heavy atom. The molecule has 0 atom stereocenters. The molecule has 1 rings (SSSR count). The van der Waals surface area contributed by atoms with Crippen LogP contribution in [0.4, 0.5) is 0 Å². The molecule has 0 aliphatic carbocycles. The van der Waals surface area contributed by atoms with Crippen LogP contribution in [0.3, 0.4) is 0 Å². The first-order chi connectivity index (χ1) is 9.43. The van der Waals surface area contributed by atoms with E-state index in [4.69, 9.17) is 10.8 Å². The largest absolute Gasteiger partial charge is 0.384 e. The summed E-state index contributed by atoms with van der Waals surface area (Å²) >= 11 is 1.32. The average Bonchev–Trinajstić information content (AvgIpc) is 2.82. The number of rotatable bonds is 5. The summed E-state index contributed by atoms with van der Waals surface area (Å²) in [5.74, 6) is 4.75. The molecule has 0 aliphatic heterocycles. The van der Waals surface area contributed by atoms with Crippen LogP contribution >= 0.6 is 11.3 Å². The molecular weight excluding hydrogens is 276 g/mol. The SMILES string of the molecule is CC(C)CN(CC(N)=O)C(=O)c1csc(C#CCO)c1. The van der Waals surface area contributed by atoms with Gasteiger partial charge in [-0.15, -0.1) is 11.3 Å². The first kappa shape index (κ1) is 16.2. The summed E-state index contributed by atoms with van der Waals surface area (Å²) in [7, 11) is 0. The Morgan fingerprint density at radius 3 is 2.75 bits per heavy atom. The lowest BCUT2D eigenvalue weighted by atomic mass is 10.2. The first-order valence-corrected chi connectivity index (χ1v) is 7.07. The summed E-state index contributed by atoms with van der Waals surface area (Å²) in [6, 6.07) is 1.66. The number of carbonyl (C=O) groups excluding carboxylic acids is 2. The fourth-order valence-electron chi connectivity index (χ4n) is 1.67. The average molecular weight is 294 g/mol. The minimum atomic E-state index is -0.533. The fourth-order valence-corrected chi connectivity index (χ4v) is 2.42. The van der Waals surface area contributed by atoms with Gasteiger partial charge in [-0.1, -0.05) is 25.7 Å². The van der Waals surface area contributed by atoms with Crippen LogP contribution in [0.1, 0.15) is 29.1 Å². The van der Waals surface area contributed by atoms with Crippen molar-refractivity contribution in [3.63, 3.8) is 0 Å². The number of thiophene rings is 1. The van der Waals surface area contributed by atoms with Crippen molar-refractivity contribution in [2.45, 2.75) is 13.8 Å². The Balaban J connectivity index is 2.87. The molecule has 2 amide bonds. The number of nitrogens with two attached hydrogens (primary N) is 1. The third-order valence-electron chi connectivity index (χ3n) is 2.36. The summed E-state index contributed by atoms with van der Waals surface area (Å²) in [6.07, 6.45) is 0. The third-order valence-corrected chi connectivity index (χ3v) is 3.20. The highest BCUT2D eigenvalue weighted by atomic mass is 32.1. The van der Waals surface area contributed by atoms with Gasteiger partial charge in [0.15, 0.2) is 0 Å². The maximum atomic E-state index is 12.3. The summed E-state index contributed by atoms with van der Waals surface area (Å²) in [6.45, 7) is 4.09. The number of aliphatic hydroxyl groups excluding tert-OH is 1. The van der Waals surface area contributed by atoms with E-state index < -0.39 is 5.91 Å². The second-order valence-electron chi connectivity index (χ2n) is 4.71. The predicted octanol–water partition coefficient (Wildman–Crippen LogP) is 0.675. The van der Waals surface area contributed by atoms with Gasteiger partial charge in [0.05, 0.1) is 17.0 Å². The van der Waals surface area contributed by atoms with Gasteiger partial charge in [0.2, 0.25) is 5.91 Å². The van der Waals surface area contributed by atoms with Gasteiger partial charge in [0, 0.05) is 11.9 Å². The van der Waals surface area contributed by atoms with Crippen molar-refractivity contribution in [3.05, 3.63) is 21.9 Å². The van der Waals surface area contributed by atoms with E-state index in [0.29, 0.717) is 17.0 Å². The van der Waals surface area contributed by atoms with Crippen LogP contribution in [-0.2, 0) is 4.79 Å². The van der Waals surface area contributed by atoms with Gasteiger partial charge in [-0.25, -0.2) is 0 Å². The zero-order chi connectivity index (χ0) is 15.1. The van der Waals surface area contributed by atoms with E-state index in [0.717, 1.165) is 0 Å². The third kappa shape index (κ3) is 5.03. The van der Waals surface area contributed by atoms with Crippen molar-refractivity contribution >= 4 is 23.2 Å². The summed E-state index contributed by atoms with van der Waals surface area (Å²) in [5, 5.41) is 10.3. The quantitative estimate of drug-likeness (QED) is 0.783. The van der Waals surface area contributed by atoms with Gasteiger partial charge in [0.25, 0.3) is 5.91 Å². The zero-order valence-electron chi connectivity index (χ0n) is 11.5. The maximum Gasteiger partial charge on any atom is 0.255 e. The molecular formula is C14H18N2O3S. The van der Waals surface area contributed by atoms with Crippen LogP contribution in [-0.4, -0.2) is 41.5 Å². The van der Waals surface area contributed by atoms with E-state index in [1.165, 1.54) is 16.2 Å². The van der Waals surface area contributed by atoms with E-state index in [9.17, 15) is 9.59 Å². The zero-order valence-corrected chi connectivity index (χ0v) is 12.4. The van der Waals surface area contributed by atoms with Crippen LogP contribution in [0.15, 0.2) is 11.4 Å². The van der Waals surface area contributed by atoms with Crippen LogP contribution in [0.5, 0.6) is 0 Å². The molecule has 1 aromatic heterocycles. The van der Waals surface area contributed by atoms with Crippen LogP contribution in [0, 0.1) is 17.8 Å². The lowest BCUT2D eigenvalue weighted by Crippen LogP contribution is -2.40. The fraction of sp³-hybridized carbons (Fsp3) is 0.429. The topological polar surface area (TPSA) is 83.6 Å². The van der Waals surface area contributed by atoms with Crippen molar-refractivity contribution in [2.75, 3.05) is 19.7 Å². The number of nitrogens with zero attached hydrogens (tertiary/aromatic N) is 1. The van der Waals surface area contributed by atoms with E-state index in [1.54, 1.807) is 11.4 Å². The van der Waals surface area contributed by atoms with E-state index >= 15 is 0 Å². The van der Waals surface area contributed by atoms with Gasteiger partial charge in [-0.05, 0) is 12.0 Å². The highest BCUT2D eigenvalue weighted by molar-refractivity contribution is 7.10. The molecule has 108 valence electrons. The Morgan fingerprint density at radius 1 is 1.50 bits per heavy atom. The smallest absolute Gasteiger partial charge is 0.255 e. The highest BCUT2D eigenvalue weighted by Gasteiger charge is 2.19. The monoisotopic (exact) mass is 294 g/mol. The van der Waals surface area contributed by atoms with Gasteiger partial charge < -0.3 is 15.7 Å². The molecule has 0 saturated carbocycles. The van der Waals surface area contributed by atoms with Gasteiger partial charge in [-0.3, -0.25) is 9.59 Å². The summed E-state index contributed by atoms with van der Waals surface area (Å²) < 4.78 is 0. The Kier molecular flexibility index (Phi) is 6.22.